The number of H-pyrrole nitrogens is 1. The van der Waals surface area contributed by atoms with Gasteiger partial charge in [-0.05, 0) is 32.8 Å². The van der Waals surface area contributed by atoms with Gasteiger partial charge in [0.25, 0.3) is 15.9 Å². The molecular formula is C15H22N6O3S. The first-order valence-corrected chi connectivity index (χ1v) is 9.61. The molecule has 3 rings (SSSR count). The van der Waals surface area contributed by atoms with Crippen molar-refractivity contribution in [2.24, 2.45) is 5.73 Å². The largest absolute Gasteiger partial charge is 0.364 e. The third-order valence-corrected chi connectivity index (χ3v) is 6.31. The number of amides is 1. The highest BCUT2D eigenvalue weighted by Crippen LogP contribution is 2.29. The quantitative estimate of drug-likeness (QED) is 0.811. The monoisotopic (exact) mass is 366 g/mol. The highest BCUT2D eigenvalue weighted by molar-refractivity contribution is 7.89. The number of aromatic amines is 1. The zero-order valence-corrected chi connectivity index (χ0v) is 15.0. The van der Waals surface area contributed by atoms with Crippen LogP contribution in [-0.4, -0.2) is 51.5 Å². The summed E-state index contributed by atoms with van der Waals surface area (Å²) in [6.45, 7) is 4.72. The summed E-state index contributed by atoms with van der Waals surface area (Å²) in [6.07, 6.45) is 4.40. The SMILES string of the molecule is CC(C)n1cnc(S(=O)(=O)N2CCC(c3cc(C(N)=O)n[nH]3)CC2)c1. The van der Waals surface area contributed by atoms with E-state index in [-0.39, 0.29) is 22.7 Å². The smallest absolute Gasteiger partial charge is 0.269 e. The van der Waals surface area contributed by atoms with Crippen LogP contribution in [0.5, 0.6) is 0 Å². The summed E-state index contributed by atoms with van der Waals surface area (Å²) in [5.41, 5.74) is 6.22. The van der Waals surface area contributed by atoms with Gasteiger partial charge in [-0.2, -0.15) is 9.40 Å². The number of aromatic nitrogens is 4. The van der Waals surface area contributed by atoms with Crippen LogP contribution in [0.3, 0.4) is 0 Å². The second-order valence-corrected chi connectivity index (χ2v) is 8.39. The molecule has 3 heterocycles. The lowest BCUT2D eigenvalue weighted by Crippen LogP contribution is -2.38. The Hall–Kier alpha value is -2.20. The molecule has 10 heteroatoms. The molecule has 2 aromatic rings. The van der Waals surface area contributed by atoms with Crippen molar-refractivity contribution >= 4 is 15.9 Å². The van der Waals surface area contributed by atoms with Gasteiger partial charge in [0.05, 0.1) is 6.33 Å². The lowest BCUT2D eigenvalue weighted by atomic mass is 9.94. The number of carbonyl (C=O) groups is 1. The minimum absolute atomic E-state index is 0.0807. The Bertz CT molecular complexity index is 861. The molecule has 1 amide bonds. The van der Waals surface area contributed by atoms with Crippen molar-refractivity contribution in [2.75, 3.05) is 13.1 Å². The van der Waals surface area contributed by atoms with E-state index in [0.29, 0.717) is 25.9 Å². The number of sulfonamides is 1. The molecule has 0 atom stereocenters. The number of imidazole rings is 1. The molecule has 0 aliphatic carbocycles. The van der Waals surface area contributed by atoms with E-state index < -0.39 is 15.9 Å². The van der Waals surface area contributed by atoms with Gasteiger partial charge in [-0.3, -0.25) is 9.89 Å². The van der Waals surface area contributed by atoms with Crippen LogP contribution in [0.4, 0.5) is 0 Å². The van der Waals surface area contributed by atoms with Crippen LogP contribution in [-0.2, 0) is 10.0 Å². The first-order valence-electron chi connectivity index (χ1n) is 8.17. The van der Waals surface area contributed by atoms with Crippen molar-refractivity contribution in [1.29, 1.82) is 0 Å². The molecule has 1 aliphatic rings. The van der Waals surface area contributed by atoms with E-state index in [1.807, 2.05) is 13.8 Å². The van der Waals surface area contributed by atoms with Crippen molar-refractivity contribution in [2.45, 2.75) is 43.7 Å². The van der Waals surface area contributed by atoms with E-state index in [1.165, 1.54) is 4.31 Å². The average molecular weight is 366 g/mol. The standard InChI is InChI=1S/C15H22N6O3S/c1-10(2)20-8-14(17-9-20)25(23,24)21-5-3-11(4-6-21)12-7-13(15(16)22)19-18-12/h7-11H,3-6H2,1-2H3,(H2,16,22)(H,18,19). The summed E-state index contributed by atoms with van der Waals surface area (Å²) >= 11 is 0. The number of hydrogen-bond acceptors (Lipinski definition) is 5. The molecule has 0 spiro atoms. The molecule has 0 bridgehead atoms. The summed E-state index contributed by atoms with van der Waals surface area (Å²) < 4.78 is 28.7. The Labute approximate surface area is 146 Å². The van der Waals surface area contributed by atoms with Gasteiger partial charge in [-0.25, -0.2) is 13.4 Å². The molecule has 136 valence electrons. The third-order valence-electron chi connectivity index (χ3n) is 4.52. The van der Waals surface area contributed by atoms with Crippen LogP contribution in [0.25, 0.3) is 0 Å². The molecular weight excluding hydrogens is 344 g/mol. The summed E-state index contributed by atoms with van der Waals surface area (Å²) in [5.74, 6) is -0.455. The number of rotatable bonds is 5. The van der Waals surface area contributed by atoms with Gasteiger partial charge < -0.3 is 10.3 Å². The van der Waals surface area contributed by atoms with Gasteiger partial charge in [0.1, 0.15) is 5.69 Å². The zero-order chi connectivity index (χ0) is 18.2. The van der Waals surface area contributed by atoms with Crippen LogP contribution >= 0.6 is 0 Å². The van der Waals surface area contributed by atoms with Crippen LogP contribution < -0.4 is 5.73 Å². The first-order chi connectivity index (χ1) is 11.8. The number of nitrogens with one attached hydrogen (secondary N) is 1. The highest BCUT2D eigenvalue weighted by atomic mass is 32.2. The first kappa shape index (κ1) is 17.6. The van der Waals surface area contributed by atoms with Crippen molar-refractivity contribution in [3.05, 3.63) is 30.0 Å². The van der Waals surface area contributed by atoms with E-state index in [1.54, 1.807) is 23.2 Å². The summed E-state index contributed by atoms with van der Waals surface area (Å²) in [4.78, 5) is 15.2. The summed E-state index contributed by atoms with van der Waals surface area (Å²) in [5, 5.41) is 6.79. The molecule has 0 aromatic carbocycles. The zero-order valence-electron chi connectivity index (χ0n) is 14.2. The number of hydrogen-bond donors (Lipinski definition) is 2. The average Bonchev–Trinajstić information content (AvgIpc) is 3.25. The number of nitrogens with zero attached hydrogens (tertiary/aromatic N) is 4. The lowest BCUT2D eigenvalue weighted by Gasteiger charge is -2.30. The Morgan fingerprint density at radius 1 is 1.36 bits per heavy atom. The lowest BCUT2D eigenvalue weighted by molar-refractivity contribution is 0.0995. The minimum atomic E-state index is -3.59. The minimum Gasteiger partial charge on any atom is -0.364 e. The molecule has 25 heavy (non-hydrogen) atoms. The topological polar surface area (TPSA) is 127 Å². The van der Waals surface area contributed by atoms with Crippen LogP contribution in [0, 0.1) is 0 Å². The predicted octanol–water partition coefficient (Wildman–Crippen LogP) is 0.854. The number of nitrogens with two attached hydrogens (primary N) is 1. The number of piperidine rings is 1. The Morgan fingerprint density at radius 3 is 2.56 bits per heavy atom. The highest BCUT2D eigenvalue weighted by Gasteiger charge is 2.32. The second-order valence-electron chi connectivity index (χ2n) is 6.50. The molecule has 0 unspecified atom stereocenters. The summed E-state index contributed by atoms with van der Waals surface area (Å²) in [6, 6.07) is 1.79. The fraction of sp³-hybridized carbons (Fsp3) is 0.533. The van der Waals surface area contributed by atoms with E-state index in [9.17, 15) is 13.2 Å². The number of carbonyl (C=O) groups excluding carboxylic acids is 1. The number of primary amides is 1. The van der Waals surface area contributed by atoms with Gasteiger partial charge in [0.2, 0.25) is 0 Å². The van der Waals surface area contributed by atoms with E-state index in [4.69, 9.17) is 5.73 Å². The van der Waals surface area contributed by atoms with Crippen molar-refractivity contribution in [1.82, 2.24) is 24.1 Å². The second kappa shape index (κ2) is 6.60. The summed E-state index contributed by atoms with van der Waals surface area (Å²) in [7, 11) is -3.59. The Morgan fingerprint density at radius 2 is 2.04 bits per heavy atom. The molecule has 1 fully saturated rings. The van der Waals surface area contributed by atoms with E-state index in [2.05, 4.69) is 15.2 Å². The molecule has 1 aliphatic heterocycles. The fourth-order valence-corrected chi connectivity index (χ4v) is 4.34. The third kappa shape index (κ3) is 3.45. The Balaban J connectivity index is 1.69. The van der Waals surface area contributed by atoms with Gasteiger partial charge >= 0.3 is 0 Å². The van der Waals surface area contributed by atoms with Crippen molar-refractivity contribution in [3.63, 3.8) is 0 Å². The molecule has 0 radical (unpaired) electrons. The maximum atomic E-state index is 12.7. The van der Waals surface area contributed by atoms with E-state index in [0.717, 1.165) is 5.69 Å². The predicted molar refractivity (Wildman–Crippen MR) is 90.5 cm³/mol. The molecule has 9 nitrogen and oxygen atoms in total. The Kier molecular flexibility index (Phi) is 4.65. The molecule has 0 saturated carbocycles. The van der Waals surface area contributed by atoms with Crippen LogP contribution in [0.1, 0.15) is 54.8 Å². The van der Waals surface area contributed by atoms with Crippen molar-refractivity contribution < 1.29 is 13.2 Å². The normalized spacial score (nSPS) is 17.2. The van der Waals surface area contributed by atoms with Crippen molar-refractivity contribution in [3.8, 4) is 0 Å². The van der Waals surface area contributed by atoms with Gasteiger partial charge in [0, 0.05) is 36.9 Å². The van der Waals surface area contributed by atoms with Crippen LogP contribution in [0.2, 0.25) is 0 Å². The van der Waals surface area contributed by atoms with E-state index >= 15 is 0 Å². The van der Waals surface area contributed by atoms with Gasteiger partial charge in [-0.1, -0.05) is 0 Å². The molecule has 2 aromatic heterocycles. The fourth-order valence-electron chi connectivity index (χ4n) is 2.94. The van der Waals surface area contributed by atoms with Gasteiger partial charge in [-0.15, -0.1) is 0 Å². The molecule has 3 N–H and O–H groups in total. The molecule has 1 saturated heterocycles. The maximum Gasteiger partial charge on any atom is 0.269 e. The van der Waals surface area contributed by atoms with Gasteiger partial charge in [0.15, 0.2) is 5.03 Å². The van der Waals surface area contributed by atoms with Crippen LogP contribution in [0.15, 0.2) is 23.6 Å². The maximum absolute atomic E-state index is 12.7.